The summed E-state index contributed by atoms with van der Waals surface area (Å²) < 4.78 is 42.7. The normalized spacial score (nSPS) is 11.2. The number of halogens is 3. The van der Waals surface area contributed by atoms with E-state index in [2.05, 4.69) is 5.32 Å². The van der Waals surface area contributed by atoms with Crippen molar-refractivity contribution in [1.82, 2.24) is 0 Å². The van der Waals surface area contributed by atoms with Gasteiger partial charge in [0.05, 0.1) is 5.56 Å². The molecule has 3 N–H and O–H groups in total. The van der Waals surface area contributed by atoms with Gasteiger partial charge in [0.15, 0.2) is 0 Å². The minimum atomic E-state index is -4.32. The van der Waals surface area contributed by atoms with Crippen molar-refractivity contribution in [1.29, 1.82) is 0 Å². The highest BCUT2D eigenvalue weighted by molar-refractivity contribution is 5.60. The van der Waals surface area contributed by atoms with E-state index in [4.69, 9.17) is 10.5 Å². The van der Waals surface area contributed by atoms with Crippen molar-refractivity contribution in [2.75, 3.05) is 18.5 Å². The van der Waals surface area contributed by atoms with Crippen molar-refractivity contribution >= 4 is 11.4 Å². The standard InChI is InChI=1S/C15H15F3N2O/c16-15(17,18)11-1-3-12(4-2-11)20-13-5-7-14(8-6-13)21-10-9-19/h1-8,20H,9-10,19H2. The minimum Gasteiger partial charge on any atom is -0.492 e. The number of rotatable bonds is 5. The number of nitrogens with one attached hydrogen (secondary N) is 1. The average molecular weight is 296 g/mol. The van der Waals surface area contributed by atoms with E-state index in [1.165, 1.54) is 12.1 Å². The topological polar surface area (TPSA) is 47.3 Å². The van der Waals surface area contributed by atoms with Crippen LogP contribution in [0.4, 0.5) is 24.5 Å². The van der Waals surface area contributed by atoms with Crippen LogP contribution in [0.3, 0.4) is 0 Å². The molecule has 0 aliphatic heterocycles. The first-order chi connectivity index (χ1) is 9.99. The van der Waals surface area contributed by atoms with Crippen molar-refractivity contribution in [2.24, 2.45) is 5.73 Å². The third kappa shape index (κ3) is 4.39. The Morgan fingerprint density at radius 1 is 0.905 bits per heavy atom. The number of hydrogen-bond donors (Lipinski definition) is 2. The fourth-order valence-electron chi connectivity index (χ4n) is 1.72. The Balaban J connectivity index is 2.01. The molecule has 112 valence electrons. The van der Waals surface area contributed by atoms with E-state index in [1.54, 1.807) is 24.3 Å². The van der Waals surface area contributed by atoms with E-state index in [-0.39, 0.29) is 0 Å². The number of nitrogens with two attached hydrogens (primary N) is 1. The summed E-state index contributed by atoms with van der Waals surface area (Å²) in [6, 6.07) is 12.0. The lowest BCUT2D eigenvalue weighted by atomic mass is 10.2. The predicted octanol–water partition coefficient (Wildman–Crippen LogP) is 3.79. The van der Waals surface area contributed by atoms with Crippen LogP contribution in [-0.2, 0) is 6.18 Å². The monoisotopic (exact) mass is 296 g/mol. The maximum absolute atomic E-state index is 12.4. The van der Waals surface area contributed by atoms with Crippen LogP contribution in [0.25, 0.3) is 0 Å². The summed E-state index contributed by atoms with van der Waals surface area (Å²) in [6.07, 6.45) is -4.32. The third-order valence-electron chi connectivity index (χ3n) is 2.74. The van der Waals surface area contributed by atoms with Gasteiger partial charge in [-0.2, -0.15) is 13.2 Å². The number of alkyl halides is 3. The first-order valence-electron chi connectivity index (χ1n) is 6.36. The summed E-state index contributed by atoms with van der Waals surface area (Å²) in [4.78, 5) is 0. The SMILES string of the molecule is NCCOc1ccc(Nc2ccc(C(F)(F)F)cc2)cc1. The van der Waals surface area contributed by atoms with E-state index >= 15 is 0 Å². The van der Waals surface area contributed by atoms with Gasteiger partial charge in [-0.25, -0.2) is 0 Å². The van der Waals surface area contributed by atoms with Crippen LogP contribution in [0, 0.1) is 0 Å². The van der Waals surface area contributed by atoms with Crippen LogP contribution in [0.2, 0.25) is 0 Å². The molecule has 0 saturated carbocycles. The molecule has 2 aromatic carbocycles. The molecule has 0 radical (unpaired) electrons. The van der Waals surface area contributed by atoms with Crippen LogP contribution in [0.5, 0.6) is 5.75 Å². The lowest BCUT2D eigenvalue weighted by molar-refractivity contribution is -0.137. The first-order valence-corrected chi connectivity index (χ1v) is 6.36. The van der Waals surface area contributed by atoms with E-state index in [1.807, 2.05) is 0 Å². The molecule has 0 spiro atoms. The molecule has 0 unspecified atom stereocenters. The zero-order valence-electron chi connectivity index (χ0n) is 11.2. The molecule has 0 aromatic heterocycles. The maximum atomic E-state index is 12.4. The lowest BCUT2D eigenvalue weighted by Gasteiger charge is -2.10. The van der Waals surface area contributed by atoms with E-state index in [0.717, 1.165) is 17.8 Å². The minimum absolute atomic E-state index is 0.436. The molecular formula is C15H15F3N2O. The largest absolute Gasteiger partial charge is 0.492 e. The summed E-state index contributed by atoms with van der Waals surface area (Å²) in [6.45, 7) is 0.872. The number of hydrogen-bond acceptors (Lipinski definition) is 3. The zero-order chi connectivity index (χ0) is 15.3. The average Bonchev–Trinajstić information content (AvgIpc) is 2.46. The number of anilines is 2. The van der Waals surface area contributed by atoms with Crippen molar-refractivity contribution in [2.45, 2.75) is 6.18 Å². The second kappa shape index (κ2) is 6.49. The molecule has 2 rings (SSSR count). The van der Waals surface area contributed by atoms with Crippen molar-refractivity contribution in [3.63, 3.8) is 0 Å². The van der Waals surface area contributed by atoms with Gasteiger partial charge in [0, 0.05) is 17.9 Å². The second-order valence-corrected chi connectivity index (χ2v) is 4.36. The molecule has 0 heterocycles. The molecule has 0 aliphatic carbocycles. The molecule has 6 heteroatoms. The molecule has 0 fully saturated rings. The van der Waals surface area contributed by atoms with Crippen LogP contribution in [0.15, 0.2) is 48.5 Å². The Kier molecular flexibility index (Phi) is 4.70. The summed E-state index contributed by atoms with van der Waals surface area (Å²) in [7, 11) is 0. The lowest BCUT2D eigenvalue weighted by Crippen LogP contribution is -2.10. The molecule has 21 heavy (non-hydrogen) atoms. The third-order valence-corrected chi connectivity index (χ3v) is 2.74. The van der Waals surface area contributed by atoms with Gasteiger partial charge >= 0.3 is 6.18 Å². The summed E-state index contributed by atoms with van der Waals surface area (Å²) in [5, 5.41) is 3.02. The van der Waals surface area contributed by atoms with Crippen molar-refractivity contribution in [3.8, 4) is 5.75 Å². The first kappa shape index (κ1) is 15.2. The molecule has 0 atom stereocenters. The van der Waals surface area contributed by atoms with E-state index in [9.17, 15) is 13.2 Å². The maximum Gasteiger partial charge on any atom is 0.416 e. The second-order valence-electron chi connectivity index (χ2n) is 4.36. The molecule has 2 aromatic rings. The van der Waals surface area contributed by atoms with E-state index < -0.39 is 11.7 Å². The van der Waals surface area contributed by atoms with Gasteiger partial charge in [-0.3, -0.25) is 0 Å². The van der Waals surface area contributed by atoms with Gasteiger partial charge in [-0.1, -0.05) is 0 Å². The highest BCUT2D eigenvalue weighted by Gasteiger charge is 2.29. The predicted molar refractivity (Wildman–Crippen MR) is 75.7 cm³/mol. The van der Waals surface area contributed by atoms with Crippen LogP contribution < -0.4 is 15.8 Å². The van der Waals surface area contributed by atoms with Crippen molar-refractivity contribution < 1.29 is 17.9 Å². The molecule has 0 bridgehead atoms. The molecule has 0 saturated heterocycles. The Morgan fingerprint density at radius 3 is 1.90 bits per heavy atom. The van der Waals surface area contributed by atoms with Gasteiger partial charge in [0.2, 0.25) is 0 Å². The number of ether oxygens (including phenoxy) is 1. The molecule has 3 nitrogen and oxygen atoms in total. The van der Waals surface area contributed by atoms with Crippen LogP contribution >= 0.6 is 0 Å². The quantitative estimate of drug-likeness (QED) is 0.882. The zero-order valence-corrected chi connectivity index (χ0v) is 11.2. The smallest absolute Gasteiger partial charge is 0.416 e. The Hall–Kier alpha value is -2.21. The van der Waals surface area contributed by atoms with Gasteiger partial charge in [-0.05, 0) is 48.5 Å². The van der Waals surface area contributed by atoms with Gasteiger partial charge in [0.25, 0.3) is 0 Å². The van der Waals surface area contributed by atoms with Gasteiger partial charge < -0.3 is 15.8 Å². The molecule has 0 amide bonds. The van der Waals surface area contributed by atoms with Crippen LogP contribution in [-0.4, -0.2) is 13.2 Å². The van der Waals surface area contributed by atoms with Crippen LogP contribution in [0.1, 0.15) is 5.56 Å². The van der Waals surface area contributed by atoms with Gasteiger partial charge in [-0.15, -0.1) is 0 Å². The fraction of sp³-hybridized carbons (Fsp3) is 0.200. The van der Waals surface area contributed by atoms with Crippen molar-refractivity contribution in [3.05, 3.63) is 54.1 Å². The Bertz CT molecular complexity index is 565. The summed E-state index contributed by atoms with van der Waals surface area (Å²) in [5.41, 5.74) is 6.01. The Labute approximate surface area is 120 Å². The molecule has 0 aliphatic rings. The summed E-state index contributed by atoms with van der Waals surface area (Å²) in [5.74, 6) is 0.693. The highest BCUT2D eigenvalue weighted by atomic mass is 19.4. The fourth-order valence-corrected chi connectivity index (χ4v) is 1.72. The summed E-state index contributed by atoms with van der Waals surface area (Å²) >= 11 is 0. The highest BCUT2D eigenvalue weighted by Crippen LogP contribution is 2.30. The van der Waals surface area contributed by atoms with Gasteiger partial charge in [0.1, 0.15) is 12.4 Å². The number of benzene rings is 2. The Morgan fingerprint density at radius 2 is 1.43 bits per heavy atom. The molecular weight excluding hydrogens is 281 g/mol. The van der Waals surface area contributed by atoms with E-state index in [0.29, 0.717) is 24.6 Å².